The number of hydrogen-bond donors (Lipinski definition) is 3. The first-order valence-electron chi connectivity index (χ1n) is 21.2. The molecule has 3 N–H and O–H groups in total. The third-order valence-corrected chi connectivity index (χ3v) is 16.5. The predicted octanol–water partition coefficient (Wildman–Crippen LogP) is 12.3. The summed E-state index contributed by atoms with van der Waals surface area (Å²) in [5.41, 5.74) is 2.74. The predicted molar refractivity (Wildman–Crippen MR) is 249 cm³/mol. The van der Waals surface area contributed by atoms with E-state index in [4.69, 9.17) is 32.3 Å². The SMILES string of the molecule is OCCCCc1ccccc1OP1N=P(Oc2ccccc2CCCCO)(Oc2ccccc2CCCCO)N(Oc2ccccc2)P(Oc2ccccc2)N1Oc1ccccc1. The fourth-order valence-corrected chi connectivity index (χ4v) is 14.2. The molecule has 2 unspecified atom stereocenters. The molecule has 0 amide bonds. The number of hydrogen-bond acceptors (Lipinski definition) is 12. The maximum Gasteiger partial charge on any atom is 0.447 e. The Balaban J connectivity index is 1.50. The summed E-state index contributed by atoms with van der Waals surface area (Å²) in [7, 11) is -8.53. The summed E-state index contributed by atoms with van der Waals surface area (Å²) >= 11 is 0. The van der Waals surface area contributed by atoms with Gasteiger partial charge in [-0.25, -0.2) is 0 Å². The summed E-state index contributed by atoms with van der Waals surface area (Å²) in [4.78, 5) is 13.9. The molecule has 0 saturated heterocycles. The first kappa shape index (κ1) is 46.0. The average Bonchev–Trinajstić information content (AvgIpc) is 3.32. The number of nitrogens with zero attached hydrogens (tertiary/aromatic N) is 3. The van der Waals surface area contributed by atoms with Gasteiger partial charge in [-0.05, 0) is 129 Å². The van der Waals surface area contributed by atoms with E-state index in [1.54, 1.807) is 9.21 Å². The lowest BCUT2D eigenvalue weighted by molar-refractivity contribution is 0.0544. The van der Waals surface area contributed by atoms with Gasteiger partial charge in [0.25, 0.3) is 0 Å². The first-order chi connectivity index (χ1) is 31.1. The number of aliphatic hydroxyl groups excluding tert-OH is 3. The topological polar surface area (TPSA) is 135 Å². The number of benzene rings is 6. The molecular formula is C48H54N3O9P3. The molecule has 7 rings (SSSR count). The van der Waals surface area contributed by atoms with E-state index in [0.717, 1.165) is 36.0 Å². The quantitative estimate of drug-likeness (QED) is 0.0396. The van der Waals surface area contributed by atoms with Gasteiger partial charge in [0.05, 0.1) is 0 Å². The van der Waals surface area contributed by atoms with Crippen LogP contribution in [0.25, 0.3) is 0 Å². The van der Waals surface area contributed by atoms with Gasteiger partial charge in [0.15, 0.2) is 0 Å². The second-order valence-electron chi connectivity index (χ2n) is 14.4. The number of para-hydroxylation sites is 6. The largest absolute Gasteiger partial charge is 0.447 e. The Morgan fingerprint density at radius 3 is 1.30 bits per heavy atom. The van der Waals surface area contributed by atoms with E-state index >= 15 is 0 Å². The van der Waals surface area contributed by atoms with E-state index in [2.05, 4.69) is 0 Å². The molecule has 6 aromatic carbocycles. The Labute approximate surface area is 372 Å². The van der Waals surface area contributed by atoms with Crippen molar-refractivity contribution < 1.29 is 43.1 Å². The minimum absolute atomic E-state index is 0.0750. The van der Waals surface area contributed by atoms with Gasteiger partial charge >= 0.3 is 24.6 Å². The minimum Gasteiger partial charge on any atom is -0.440 e. The lowest BCUT2D eigenvalue weighted by Crippen LogP contribution is -2.37. The van der Waals surface area contributed by atoms with Crippen molar-refractivity contribution in [1.82, 2.24) is 9.21 Å². The smallest absolute Gasteiger partial charge is 0.440 e. The van der Waals surface area contributed by atoms with Crippen molar-refractivity contribution in [1.29, 1.82) is 0 Å². The summed E-state index contributed by atoms with van der Waals surface area (Å²) in [6.45, 7) is 0.240. The zero-order valence-corrected chi connectivity index (χ0v) is 37.7. The molecule has 0 radical (unpaired) electrons. The number of unbranched alkanes of at least 4 members (excludes halogenated alkanes) is 3. The van der Waals surface area contributed by atoms with Crippen LogP contribution in [-0.2, 0) is 19.3 Å². The summed E-state index contributed by atoms with van der Waals surface area (Å²) in [5, 5.41) is 29.1. The third kappa shape index (κ3) is 12.8. The van der Waals surface area contributed by atoms with Crippen LogP contribution in [-0.4, -0.2) is 44.3 Å². The molecule has 0 spiro atoms. The van der Waals surface area contributed by atoms with Crippen LogP contribution in [0.1, 0.15) is 55.2 Å². The maximum atomic E-state index is 9.72. The van der Waals surface area contributed by atoms with Crippen LogP contribution in [0, 0.1) is 0 Å². The minimum atomic E-state index is -4.02. The van der Waals surface area contributed by atoms with E-state index in [-0.39, 0.29) is 19.8 Å². The lowest BCUT2D eigenvalue weighted by Gasteiger charge is -2.44. The molecule has 1 aliphatic heterocycles. The Morgan fingerprint density at radius 2 is 0.825 bits per heavy atom. The van der Waals surface area contributed by atoms with Gasteiger partial charge in [0.1, 0.15) is 34.5 Å². The van der Waals surface area contributed by atoms with Crippen LogP contribution in [0.3, 0.4) is 0 Å². The highest BCUT2D eigenvalue weighted by Gasteiger charge is 2.58. The van der Waals surface area contributed by atoms with Gasteiger partial charge in [-0.15, -0.1) is 4.52 Å². The van der Waals surface area contributed by atoms with Gasteiger partial charge in [-0.1, -0.05) is 109 Å². The summed E-state index contributed by atoms with van der Waals surface area (Å²) in [6.07, 6.45) is 6.00. The van der Waals surface area contributed by atoms with Gasteiger partial charge in [0.2, 0.25) is 0 Å². The molecule has 1 aliphatic rings. The molecule has 15 heteroatoms. The van der Waals surface area contributed by atoms with E-state index in [0.29, 0.717) is 73.0 Å². The van der Waals surface area contributed by atoms with Crippen molar-refractivity contribution in [3.8, 4) is 34.5 Å². The van der Waals surface area contributed by atoms with E-state index in [9.17, 15) is 15.3 Å². The van der Waals surface area contributed by atoms with E-state index < -0.39 is 24.6 Å². The molecular weight excluding hydrogens is 855 g/mol. The van der Waals surface area contributed by atoms with Crippen molar-refractivity contribution in [2.45, 2.75) is 57.8 Å². The molecule has 0 aromatic heterocycles. The van der Waals surface area contributed by atoms with Gasteiger partial charge < -0.3 is 43.1 Å². The summed E-state index contributed by atoms with van der Waals surface area (Å²) in [5.74, 6) is 3.16. The first-order valence-corrected chi connectivity index (χ1v) is 25.1. The fraction of sp³-hybridized carbons (Fsp3) is 0.250. The molecule has 1 heterocycles. The highest BCUT2D eigenvalue weighted by molar-refractivity contribution is 7.78. The third-order valence-electron chi connectivity index (χ3n) is 9.73. The summed E-state index contributed by atoms with van der Waals surface area (Å²) in [6, 6.07) is 51.6. The average molecular weight is 910 g/mol. The molecule has 63 heavy (non-hydrogen) atoms. The Morgan fingerprint density at radius 1 is 0.429 bits per heavy atom. The normalized spacial score (nSPS) is 16.1. The molecule has 2 atom stereocenters. The van der Waals surface area contributed by atoms with Crippen LogP contribution in [0.15, 0.2) is 168 Å². The van der Waals surface area contributed by atoms with E-state index in [1.165, 1.54) is 0 Å². The maximum absolute atomic E-state index is 9.72. The van der Waals surface area contributed by atoms with Crippen molar-refractivity contribution >= 4 is 24.6 Å². The van der Waals surface area contributed by atoms with Crippen molar-refractivity contribution in [2.75, 3.05) is 19.8 Å². The second kappa shape index (κ2) is 24.2. The fourth-order valence-electron chi connectivity index (χ4n) is 6.55. The molecule has 0 fully saturated rings. The Kier molecular flexibility index (Phi) is 17.7. The standard InChI is InChI=1S/C48H54N3O9P3/c52-37-19-16-25-40-22-10-13-34-46(40)58-61-49-63(59-47-35-14-11-23-41(47)26-17-20-38-53,60-48-36-15-12-24-42(48)27-18-21-39-54)51(56-44-30-6-2-7-31-44)62(57-45-32-8-3-9-33-45)50(61)55-43-28-4-1-5-29-43/h1-15,22-24,28-36,52-54H,16-21,25-27,37-39H2. The van der Waals surface area contributed by atoms with E-state index in [1.807, 2.05) is 164 Å². The monoisotopic (exact) mass is 909 g/mol. The number of aryl methyl sites for hydroxylation is 3. The highest BCUT2D eigenvalue weighted by atomic mass is 31.3. The molecule has 0 saturated carbocycles. The molecule has 330 valence electrons. The Hall–Kier alpha value is -4.99. The molecule has 0 aliphatic carbocycles. The van der Waals surface area contributed by atoms with Crippen LogP contribution in [0.2, 0.25) is 0 Å². The van der Waals surface area contributed by atoms with Crippen molar-refractivity contribution in [3.05, 3.63) is 180 Å². The van der Waals surface area contributed by atoms with Crippen molar-refractivity contribution in [2.24, 2.45) is 4.52 Å². The summed E-state index contributed by atoms with van der Waals surface area (Å²) < 4.78 is 37.8. The highest BCUT2D eigenvalue weighted by Crippen LogP contribution is 2.78. The van der Waals surface area contributed by atoms with Crippen molar-refractivity contribution in [3.63, 3.8) is 0 Å². The van der Waals surface area contributed by atoms with Crippen LogP contribution in [0.4, 0.5) is 0 Å². The Bertz CT molecular complexity index is 2270. The second-order valence-corrected chi connectivity index (χ2v) is 20.0. The van der Waals surface area contributed by atoms with Crippen LogP contribution in [0.5, 0.6) is 34.5 Å². The van der Waals surface area contributed by atoms with Crippen LogP contribution < -0.4 is 27.8 Å². The zero-order chi connectivity index (χ0) is 43.5. The zero-order valence-electron chi connectivity index (χ0n) is 35.0. The van der Waals surface area contributed by atoms with Gasteiger partial charge in [0, 0.05) is 29.0 Å². The van der Waals surface area contributed by atoms with Gasteiger partial charge in [-0.3, -0.25) is 0 Å². The van der Waals surface area contributed by atoms with Crippen LogP contribution >= 0.6 is 24.6 Å². The number of aliphatic hydroxyl groups is 3. The molecule has 0 bridgehead atoms. The molecule has 12 nitrogen and oxygen atoms in total. The van der Waals surface area contributed by atoms with Gasteiger partial charge in [-0.2, -0.15) is 0 Å². The molecule has 6 aromatic rings. The lowest BCUT2D eigenvalue weighted by atomic mass is 10.1. The number of rotatable bonds is 24.